The number of ether oxygens (including phenoxy) is 3. The van der Waals surface area contributed by atoms with Gasteiger partial charge in [-0.05, 0) is 70.2 Å². The van der Waals surface area contributed by atoms with Crippen molar-refractivity contribution < 1.29 is 23.8 Å². The molecule has 1 N–H and O–H groups in total. The normalized spacial score (nSPS) is 11.2. The lowest BCUT2D eigenvalue weighted by atomic mass is 10.2. The minimum absolute atomic E-state index is 0.279. The molecule has 0 aliphatic heterocycles. The van der Waals surface area contributed by atoms with Crippen molar-refractivity contribution in [1.29, 1.82) is 0 Å². The summed E-state index contributed by atoms with van der Waals surface area (Å²) in [5.41, 5.74) is -0.00707. The zero-order valence-electron chi connectivity index (χ0n) is 17.1. The predicted molar refractivity (Wildman–Crippen MR) is 122 cm³/mol. The molecule has 0 atom stereocenters. The molecule has 0 radical (unpaired) electrons. The van der Waals surface area contributed by atoms with E-state index >= 15 is 0 Å². The van der Waals surface area contributed by atoms with Gasteiger partial charge in [0, 0.05) is 20.2 Å². The number of benzene rings is 2. The van der Waals surface area contributed by atoms with Gasteiger partial charge in [0.1, 0.15) is 11.4 Å². The van der Waals surface area contributed by atoms with Crippen LogP contribution in [0.1, 0.15) is 37.4 Å². The fraction of sp³-hybridized carbons (Fsp3) is 0.273. The number of amides is 1. The molecule has 2 aromatic carbocycles. The zero-order valence-corrected chi connectivity index (χ0v) is 19.5. The van der Waals surface area contributed by atoms with Crippen LogP contribution >= 0.6 is 27.3 Å². The molecule has 0 aliphatic rings. The van der Waals surface area contributed by atoms with E-state index in [0.29, 0.717) is 22.1 Å². The van der Waals surface area contributed by atoms with E-state index < -0.39 is 17.7 Å². The Balaban J connectivity index is 1.84. The molecule has 0 saturated heterocycles. The summed E-state index contributed by atoms with van der Waals surface area (Å²) in [5, 5.41) is 3.49. The van der Waals surface area contributed by atoms with Gasteiger partial charge in [0.15, 0.2) is 10.6 Å². The molecule has 0 saturated carbocycles. The molecule has 3 aromatic rings. The number of hydrogen-bond acceptors (Lipinski definition) is 6. The third-order valence-corrected chi connectivity index (χ3v) is 5.39. The van der Waals surface area contributed by atoms with Crippen LogP contribution in [0, 0.1) is 0 Å². The Morgan fingerprint density at radius 2 is 1.80 bits per heavy atom. The summed E-state index contributed by atoms with van der Waals surface area (Å²) in [5.74, 6) is 0.555. The predicted octanol–water partition coefficient (Wildman–Crippen LogP) is 6.98. The van der Waals surface area contributed by atoms with Gasteiger partial charge in [-0.25, -0.2) is 9.59 Å². The lowest BCUT2D eigenvalue weighted by Gasteiger charge is -2.19. The van der Waals surface area contributed by atoms with Crippen LogP contribution in [0.5, 0.6) is 11.5 Å². The number of halogens is 1. The summed E-state index contributed by atoms with van der Waals surface area (Å²) < 4.78 is 18.3. The van der Waals surface area contributed by atoms with Crippen LogP contribution in [0.25, 0.3) is 10.1 Å². The van der Waals surface area contributed by atoms with Crippen LogP contribution in [-0.4, -0.2) is 24.3 Å². The largest absolute Gasteiger partial charge is 0.462 e. The lowest BCUT2D eigenvalue weighted by molar-refractivity contribution is 0.0528. The Kier molecular flexibility index (Phi) is 6.67. The molecular weight excluding hydrogens is 470 g/mol. The maximum atomic E-state index is 12.4. The van der Waals surface area contributed by atoms with Crippen LogP contribution in [-0.2, 0) is 9.47 Å². The van der Waals surface area contributed by atoms with Crippen molar-refractivity contribution in [1.82, 2.24) is 0 Å². The first-order valence-electron chi connectivity index (χ1n) is 9.33. The van der Waals surface area contributed by atoms with E-state index in [9.17, 15) is 9.59 Å². The average molecular weight is 492 g/mol. The molecule has 6 nitrogen and oxygen atoms in total. The van der Waals surface area contributed by atoms with Crippen molar-refractivity contribution in [2.75, 3.05) is 11.9 Å². The number of nitrogens with one attached hydrogen (secondary N) is 1. The first-order chi connectivity index (χ1) is 14.2. The number of thiophene rings is 1. The van der Waals surface area contributed by atoms with Crippen LogP contribution in [0.3, 0.4) is 0 Å². The molecule has 0 aliphatic carbocycles. The molecule has 30 heavy (non-hydrogen) atoms. The van der Waals surface area contributed by atoms with Gasteiger partial charge in [-0.15, -0.1) is 11.3 Å². The van der Waals surface area contributed by atoms with Crippen molar-refractivity contribution >= 4 is 55.1 Å². The van der Waals surface area contributed by atoms with E-state index in [2.05, 4.69) is 21.2 Å². The second-order valence-corrected chi connectivity index (χ2v) is 9.34. The monoisotopic (exact) mass is 491 g/mol. The highest BCUT2D eigenvalue weighted by Crippen LogP contribution is 2.41. The van der Waals surface area contributed by atoms with E-state index in [0.717, 1.165) is 14.6 Å². The Labute approximate surface area is 187 Å². The van der Waals surface area contributed by atoms with Crippen molar-refractivity contribution in [3.63, 3.8) is 0 Å². The Morgan fingerprint density at radius 1 is 1.10 bits per heavy atom. The molecule has 0 spiro atoms. The number of carbonyl (C=O) groups is 2. The Bertz CT molecular complexity index is 1070. The number of anilines is 1. The molecule has 1 amide bonds. The standard InChI is InChI=1S/C22H22BrNO5S/c1-5-27-20(25)19-18(16-11-6-13(23)12-17(16)30-19)28-15-9-7-14(8-10-15)24-21(26)29-22(2,3)4/h6-12H,5H2,1-4H3,(H,24,26). The van der Waals surface area contributed by atoms with E-state index in [-0.39, 0.29) is 6.61 Å². The highest BCUT2D eigenvalue weighted by atomic mass is 79.9. The summed E-state index contributed by atoms with van der Waals surface area (Å²) in [6.07, 6.45) is -0.532. The number of fused-ring (bicyclic) bond motifs is 1. The van der Waals surface area contributed by atoms with E-state index in [4.69, 9.17) is 14.2 Å². The van der Waals surface area contributed by atoms with Crippen molar-refractivity contribution in [3.8, 4) is 11.5 Å². The smallest absolute Gasteiger partial charge is 0.412 e. The summed E-state index contributed by atoms with van der Waals surface area (Å²) in [4.78, 5) is 24.7. The number of esters is 1. The number of carbonyl (C=O) groups excluding carboxylic acids is 2. The molecule has 0 unspecified atom stereocenters. The minimum Gasteiger partial charge on any atom is -0.462 e. The molecule has 3 rings (SSSR count). The van der Waals surface area contributed by atoms with E-state index in [1.165, 1.54) is 11.3 Å². The highest BCUT2D eigenvalue weighted by molar-refractivity contribution is 9.10. The van der Waals surface area contributed by atoms with Gasteiger partial charge in [0.2, 0.25) is 0 Å². The first-order valence-corrected chi connectivity index (χ1v) is 10.9. The van der Waals surface area contributed by atoms with Crippen molar-refractivity contribution in [2.45, 2.75) is 33.3 Å². The zero-order chi connectivity index (χ0) is 21.9. The van der Waals surface area contributed by atoms with E-state index in [1.807, 2.05) is 18.2 Å². The van der Waals surface area contributed by atoms with Crippen LogP contribution in [0.2, 0.25) is 0 Å². The molecular formula is C22H22BrNO5S. The molecule has 0 bridgehead atoms. The molecule has 0 fully saturated rings. The van der Waals surface area contributed by atoms with Gasteiger partial charge in [0.05, 0.1) is 6.61 Å². The van der Waals surface area contributed by atoms with Crippen molar-refractivity contribution in [2.24, 2.45) is 0 Å². The second-order valence-electron chi connectivity index (χ2n) is 7.37. The van der Waals surface area contributed by atoms with Gasteiger partial charge >= 0.3 is 12.1 Å². The molecule has 1 heterocycles. The van der Waals surface area contributed by atoms with Gasteiger partial charge in [-0.3, -0.25) is 5.32 Å². The SMILES string of the molecule is CCOC(=O)c1sc2cc(Br)ccc2c1Oc1ccc(NC(=O)OC(C)(C)C)cc1. The van der Waals surface area contributed by atoms with Gasteiger partial charge in [-0.1, -0.05) is 15.9 Å². The van der Waals surface area contributed by atoms with Gasteiger partial charge in [0.25, 0.3) is 0 Å². The minimum atomic E-state index is -0.578. The maximum Gasteiger partial charge on any atom is 0.412 e. The fourth-order valence-corrected chi connectivity index (χ4v) is 4.20. The highest BCUT2D eigenvalue weighted by Gasteiger charge is 2.22. The number of hydrogen-bond donors (Lipinski definition) is 1. The van der Waals surface area contributed by atoms with Gasteiger partial charge in [-0.2, -0.15) is 0 Å². The molecule has 1 aromatic heterocycles. The topological polar surface area (TPSA) is 73.9 Å². The fourth-order valence-electron chi connectivity index (χ4n) is 2.62. The summed E-state index contributed by atoms with van der Waals surface area (Å²) in [6.45, 7) is 7.44. The average Bonchev–Trinajstić information content (AvgIpc) is 2.99. The lowest BCUT2D eigenvalue weighted by Crippen LogP contribution is -2.27. The van der Waals surface area contributed by atoms with E-state index in [1.54, 1.807) is 52.0 Å². The van der Waals surface area contributed by atoms with Crippen LogP contribution < -0.4 is 10.1 Å². The summed E-state index contributed by atoms with van der Waals surface area (Å²) >= 11 is 4.77. The summed E-state index contributed by atoms with van der Waals surface area (Å²) in [7, 11) is 0. The summed E-state index contributed by atoms with van der Waals surface area (Å²) in [6, 6.07) is 12.6. The van der Waals surface area contributed by atoms with Gasteiger partial charge < -0.3 is 14.2 Å². The Morgan fingerprint density at radius 3 is 2.43 bits per heavy atom. The third kappa shape index (κ3) is 5.52. The Hall–Kier alpha value is -2.58. The van der Waals surface area contributed by atoms with Crippen LogP contribution in [0.15, 0.2) is 46.9 Å². The molecule has 158 valence electrons. The third-order valence-electron chi connectivity index (χ3n) is 3.79. The second kappa shape index (κ2) is 9.06. The number of rotatable bonds is 5. The van der Waals surface area contributed by atoms with Crippen molar-refractivity contribution in [3.05, 3.63) is 51.8 Å². The molecule has 8 heteroatoms. The first kappa shape index (κ1) is 22.1. The maximum absolute atomic E-state index is 12.4. The quantitative estimate of drug-likeness (QED) is 0.389. The van der Waals surface area contributed by atoms with Crippen LogP contribution in [0.4, 0.5) is 10.5 Å².